The topological polar surface area (TPSA) is 91.4 Å². The number of hydrogen-bond donors (Lipinski definition) is 0. The Morgan fingerprint density at radius 3 is 2.54 bits per heavy atom. The highest BCUT2D eigenvalue weighted by Crippen LogP contribution is 2.45. The number of hydrogen-bond acceptors (Lipinski definition) is 7. The summed E-state index contributed by atoms with van der Waals surface area (Å²) in [6.45, 7) is 1.94. The molecule has 0 bridgehead atoms. The molecule has 0 N–H and O–H groups in total. The largest absolute Gasteiger partial charge is 0.467 e. The minimum absolute atomic E-state index is 0.0514. The van der Waals surface area contributed by atoms with Gasteiger partial charge in [0.1, 0.15) is 12.5 Å². The zero-order valence-electron chi connectivity index (χ0n) is 14.6. The van der Waals surface area contributed by atoms with Gasteiger partial charge in [-0.25, -0.2) is 9.59 Å². The van der Waals surface area contributed by atoms with E-state index >= 15 is 0 Å². The molecule has 26 heavy (non-hydrogen) atoms. The molecule has 1 saturated heterocycles. The molecule has 2 aliphatic rings. The van der Waals surface area contributed by atoms with Gasteiger partial charge in [0.2, 0.25) is 0 Å². The van der Waals surface area contributed by atoms with Crippen LogP contribution in [-0.4, -0.2) is 61.4 Å². The Hall–Kier alpha value is -2.61. The first-order valence-electron chi connectivity index (χ1n) is 8.43. The zero-order valence-corrected chi connectivity index (χ0v) is 14.6. The van der Waals surface area contributed by atoms with Gasteiger partial charge in [0.05, 0.1) is 32.5 Å². The molecule has 1 aromatic rings. The fraction of sp³-hybridized carbons (Fsp3) is 0.500. The van der Waals surface area contributed by atoms with Crippen molar-refractivity contribution in [2.24, 2.45) is 5.92 Å². The van der Waals surface area contributed by atoms with Crippen LogP contribution in [0.25, 0.3) is 0 Å². The average molecular weight is 363 g/mol. The molecule has 1 aromatic carbocycles. The third kappa shape index (κ3) is 3.50. The number of ether oxygens (including phenoxy) is 4. The van der Waals surface area contributed by atoms with Gasteiger partial charge in [-0.1, -0.05) is 30.3 Å². The van der Waals surface area contributed by atoms with E-state index in [2.05, 4.69) is 0 Å². The number of rotatable bonds is 5. The normalized spacial score (nSPS) is 26.5. The lowest BCUT2D eigenvalue weighted by atomic mass is 10.2. The highest BCUT2D eigenvalue weighted by molar-refractivity contribution is 5.85. The van der Waals surface area contributed by atoms with E-state index in [0.717, 1.165) is 5.56 Å². The number of methoxy groups -OCH3 is 1. The molecule has 1 saturated carbocycles. The van der Waals surface area contributed by atoms with Gasteiger partial charge < -0.3 is 18.9 Å². The van der Waals surface area contributed by atoms with E-state index in [1.54, 1.807) is 6.92 Å². The van der Waals surface area contributed by atoms with Crippen molar-refractivity contribution in [1.82, 2.24) is 4.90 Å². The number of benzene rings is 1. The Balaban J connectivity index is 1.73. The van der Waals surface area contributed by atoms with Gasteiger partial charge >= 0.3 is 18.0 Å². The molecule has 1 heterocycles. The van der Waals surface area contributed by atoms with Crippen LogP contribution in [0, 0.1) is 5.92 Å². The fourth-order valence-corrected chi connectivity index (χ4v) is 3.16. The lowest BCUT2D eigenvalue weighted by Crippen LogP contribution is -2.53. The maximum atomic E-state index is 12.7. The van der Waals surface area contributed by atoms with Gasteiger partial charge in [0, 0.05) is 0 Å². The van der Waals surface area contributed by atoms with Crippen molar-refractivity contribution in [2.75, 3.05) is 20.3 Å². The van der Waals surface area contributed by atoms with E-state index in [9.17, 15) is 14.4 Å². The summed E-state index contributed by atoms with van der Waals surface area (Å²) in [7, 11) is 1.23. The molecule has 0 unspecified atom stereocenters. The second-order valence-corrected chi connectivity index (χ2v) is 6.05. The molecule has 0 spiro atoms. The first kappa shape index (κ1) is 18.2. The maximum absolute atomic E-state index is 12.7. The molecule has 2 fully saturated rings. The van der Waals surface area contributed by atoms with E-state index < -0.39 is 42.1 Å². The zero-order chi connectivity index (χ0) is 18.7. The second-order valence-electron chi connectivity index (χ2n) is 6.05. The third-order valence-electron chi connectivity index (χ3n) is 4.47. The number of fused-ring (bicyclic) bond motifs is 1. The standard InChI is InChI=1S/C18H21NO7/c1-3-24-17(21)13-14-15(13)25-10-12(16(20)23-2)19(14)18(22)26-9-11-7-5-4-6-8-11/h4-8,12-15H,3,9-10H2,1-2H3/t12-,13-,14-,15+/m0/s1. The first-order valence-corrected chi connectivity index (χ1v) is 8.43. The molecule has 8 nitrogen and oxygen atoms in total. The highest BCUT2D eigenvalue weighted by atomic mass is 16.6. The minimum atomic E-state index is -0.955. The van der Waals surface area contributed by atoms with Crippen LogP contribution >= 0.6 is 0 Å². The lowest BCUT2D eigenvalue weighted by Gasteiger charge is -2.32. The van der Waals surface area contributed by atoms with Crippen molar-refractivity contribution >= 4 is 18.0 Å². The smallest absolute Gasteiger partial charge is 0.411 e. The van der Waals surface area contributed by atoms with E-state index in [1.165, 1.54) is 12.0 Å². The minimum Gasteiger partial charge on any atom is -0.467 e. The van der Waals surface area contributed by atoms with Crippen molar-refractivity contribution in [3.8, 4) is 0 Å². The van der Waals surface area contributed by atoms with Gasteiger partial charge in [-0.15, -0.1) is 0 Å². The van der Waals surface area contributed by atoms with Gasteiger partial charge in [0.25, 0.3) is 0 Å². The Morgan fingerprint density at radius 2 is 1.88 bits per heavy atom. The van der Waals surface area contributed by atoms with Crippen LogP contribution in [0.15, 0.2) is 30.3 Å². The summed E-state index contributed by atoms with van der Waals surface area (Å²) in [6.07, 6.45) is -1.17. The molecular weight excluding hydrogens is 342 g/mol. The second kappa shape index (κ2) is 7.74. The number of carbonyl (C=O) groups is 3. The van der Waals surface area contributed by atoms with E-state index in [4.69, 9.17) is 18.9 Å². The molecule has 1 aliphatic carbocycles. The third-order valence-corrected chi connectivity index (χ3v) is 4.47. The molecule has 1 amide bonds. The molecule has 8 heteroatoms. The predicted octanol–water partition coefficient (Wildman–Crippen LogP) is 1.13. The van der Waals surface area contributed by atoms with Crippen LogP contribution in [0.4, 0.5) is 4.79 Å². The molecule has 4 atom stereocenters. The van der Waals surface area contributed by atoms with Crippen molar-refractivity contribution < 1.29 is 33.3 Å². The van der Waals surface area contributed by atoms with Crippen molar-refractivity contribution in [3.63, 3.8) is 0 Å². The van der Waals surface area contributed by atoms with Crippen LogP contribution in [0.2, 0.25) is 0 Å². The summed E-state index contributed by atoms with van der Waals surface area (Å²) in [4.78, 5) is 38.0. The van der Waals surface area contributed by atoms with Gasteiger partial charge in [-0.05, 0) is 12.5 Å². The molecule has 1 aliphatic heterocycles. The van der Waals surface area contributed by atoms with E-state index in [1.807, 2.05) is 30.3 Å². The number of nitrogens with zero attached hydrogens (tertiary/aromatic N) is 1. The summed E-state index contributed by atoms with van der Waals surface area (Å²) in [5.41, 5.74) is 0.818. The Labute approximate surface area is 150 Å². The molecule has 0 aromatic heterocycles. The maximum Gasteiger partial charge on any atom is 0.411 e. The number of amides is 1. The van der Waals surface area contributed by atoms with Crippen LogP contribution in [-0.2, 0) is 35.1 Å². The number of morpholine rings is 1. The lowest BCUT2D eigenvalue weighted by molar-refractivity contribution is -0.152. The Bertz CT molecular complexity index is 677. The number of esters is 2. The van der Waals surface area contributed by atoms with Gasteiger partial charge in [-0.3, -0.25) is 9.69 Å². The average Bonchev–Trinajstić information content (AvgIpc) is 3.40. The summed E-state index contributed by atoms with van der Waals surface area (Å²) in [6, 6.07) is 7.64. The number of carbonyl (C=O) groups excluding carboxylic acids is 3. The summed E-state index contributed by atoms with van der Waals surface area (Å²) < 4.78 is 20.7. The molecule has 140 valence electrons. The molecule has 0 radical (unpaired) electrons. The SMILES string of the molecule is CCOC(=O)[C@@H]1[C@H]2OC[C@@H](C(=O)OC)N(C(=O)OCc3ccccc3)[C@H]21. The fourth-order valence-electron chi connectivity index (χ4n) is 3.16. The highest BCUT2D eigenvalue weighted by Gasteiger charge is 2.66. The predicted molar refractivity (Wildman–Crippen MR) is 87.9 cm³/mol. The molecule has 3 rings (SSSR count). The van der Waals surface area contributed by atoms with Crippen molar-refractivity contribution in [2.45, 2.75) is 31.7 Å². The Kier molecular flexibility index (Phi) is 5.41. The first-order chi connectivity index (χ1) is 12.6. The molecular formula is C18H21NO7. The van der Waals surface area contributed by atoms with Crippen LogP contribution in [0.5, 0.6) is 0 Å². The quantitative estimate of drug-likeness (QED) is 0.572. The van der Waals surface area contributed by atoms with Gasteiger partial charge in [-0.2, -0.15) is 0 Å². The van der Waals surface area contributed by atoms with E-state index in [-0.39, 0.29) is 19.8 Å². The van der Waals surface area contributed by atoms with Crippen LogP contribution in [0.1, 0.15) is 12.5 Å². The summed E-state index contributed by atoms with van der Waals surface area (Å²) >= 11 is 0. The van der Waals surface area contributed by atoms with E-state index in [0.29, 0.717) is 0 Å². The van der Waals surface area contributed by atoms with Crippen LogP contribution in [0.3, 0.4) is 0 Å². The van der Waals surface area contributed by atoms with Crippen molar-refractivity contribution in [1.29, 1.82) is 0 Å². The monoisotopic (exact) mass is 363 g/mol. The summed E-state index contributed by atoms with van der Waals surface area (Å²) in [5.74, 6) is -1.68. The summed E-state index contributed by atoms with van der Waals surface area (Å²) in [5, 5.41) is 0. The van der Waals surface area contributed by atoms with Gasteiger partial charge in [0.15, 0.2) is 6.04 Å². The van der Waals surface area contributed by atoms with Crippen molar-refractivity contribution in [3.05, 3.63) is 35.9 Å². The Morgan fingerprint density at radius 1 is 1.15 bits per heavy atom. The van der Waals surface area contributed by atoms with Crippen LogP contribution < -0.4 is 0 Å².